The maximum absolute atomic E-state index is 11.6. The number of methoxy groups -OCH3 is 1. The average Bonchev–Trinajstić information content (AvgIpc) is 2.92. The van der Waals surface area contributed by atoms with Gasteiger partial charge in [-0.05, 0) is 39.3 Å². The molecule has 1 unspecified atom stereocenters. The molecule has 1 fully saturated rings. The Morgan fingerprint density at radius 3 is 2.89 bits per heavy atom. The zero-order valence-electron chi connectivity index (χ0n) is 11.3. The molecule has 100 valence electrons. The van der Waals surface area contributed by atoms with Gasteiger partial charge in [-0.3, -0.25) is 14.4 Å². The first-order valence-electron chi connectivity index (χ1n) is 6.44. The van der Waals surface area contributed by atoms with E-state index in [4.69, 9.17) is 4.74 Å². The van der Waals surface area contributed by atoms with Gasteiger partial charge in [-0.15, -0.1) is 0 Å². The van der Waals surface area contributed by atoms with E-state index in [-0.39, 0.29) is 12.0 Å². The van der Waals surface area contributed by atoms with E-state index in [1.807, 2.05) is 11.6 Å². The Hall–Kier alpha value is -1.36. The Bertz CT molecular complexity index is 428. The molecule has 1 aromatic rings. The highest BCUT2D eigenvalue weighted by Gasteiger charge is 2.31. The molecule has 5 nitrogen and oxygen atoms in total. The summed E-state index contributed by atoms with van der Waals surface area (Å²) in [7, 11) is 1.46. The van der Waals surface area contributed by atoms with Gasteiger partial charge in [-0.1, -0.05) is 0 Å². The van der Waals surface area contributed by atoms with Crippen molar-refractivity contribution in [3.05, 3.63) is 17.5 Å². The number of hydrogen-bond donors (Lipinski definition) is 0. The predicted octanol–water partition coefficient (Wildman–Crippen LogP) is 1.14. The van der Waals surface area contributed by atoms with E-state index in [1.54, 1.807) is 0 Å². The third kappa shape index (κ3) is 2.72. The molecule has 0 radical (unpaired) electrons. The molecule has 1 aliphatic heterocycles. The van der Waals surface area contributed by atoms with Crippen molar-refractivity contribution in [3.63, 3.8) is 0 Å². The number of hydrogen-bond acceptors (Lipinski definition) is 4. The summed E-state index contributed by atoms with van der Waals surface area (Å²) in [5, 5.41) is 4.44. The summed E-state index contributed by atoms with van der Waals surface area (Å²) in [6, 6.07) is 2.01. The predicted molar refractivity (Wildman–Crippen MR) is 68.3 cm³/mol. The van der Waals surface area contributed by atoms with Crippen LogP contribution in [-0.2, 0) is 16.1 Å². The SMILES string of the molecule is COC(=O)C1CCCN1CCn1nc(C)cc1C. The topological polar surface area (TPSA) is 47.4 Å². The minimum Gasteiger partial charge on any atom is -0.468 e. The fourth-order valence-electron chi connectivity index (χ4n) is 2.62. The van der Waals surface area contributed by atoms with Crippen LogP contribution in [0.4, 0.5) is 0 Å². The number of aromatic nitrogens is 2. The molecule has 2 heterocycles. The molecule has 1 saturated heterocycles. The lowest BCUT2D eigenvalue weighted by atomic mass is 10.2. The molecule has 0 saturated carbocycles. The Kier molecular flexibility index (Phi) is 4.01. The van der Waals surface area contributed by atoms with Gasteiger partial charge in [-0.2, -0.15) is 5.10 Å². The number of aryl methyl sites for hydroxylation is 2. The third-order valence-electron chi connectivity index (χ3n) is 3.54. The monoisotopic (exact) mass is 251 g/mol. The molecule has 0 bridgehead atoms. The summed E-state index contributed by atoms with van der Waals surface area (Å²) in [6.07, 6.45) is 1.97. The highest BCUT2D eigenvalue weighted by molar-refractivity contribution is 5.75. The highest BCUT2D eigenvalue weighted by Crippen LogP contribution is 2.18. The summed E-state index contributed by atoms with van der Waals surface area (Å²) in [6.45, 7) is 6.70. The van der Waals surface area contributed by atoms with Crippen LogP contribution in [0.5, 0.6) is 0 Å². The van der Waals surface area contributed by atoms with Gasteiger partial charge in [0.2, 0.25) is 0 Å². The Balaban J connectivity index is 1.93. The first-order chi connectivity index (χ1) is 8.61. The van der Waals surface area contributed by atoms with E-state index < -0.39 is 0 Å². The minimum absolute atomic E-state index is 0.0630. The van der Waals surface area contributed by atoms with Gasteiger partial charge in [0, 0.05) is 12.2 Å². The lowest BCUT2D eigenvalue weighted by Crippen LogP contribution is -2.38. The molecule has 1 aliphatic rings. The van der Waals surface area contributed by atoms with E-state index in [0.29, 0.717) is 0 Å². The molecule has 5 heteroatoms. The summed E-state index contributed by atoms with van der Waals surface area (Å²) in [5.74, 6) is -0.110. The molecular weight excluding hydrogens is 230 g/mol. The average molecular weight is 251 g/mol. The fraction of sp³-hybridized carbons (Fsp3) is 0.692. The lowest BCUT2D eigenvalue weighted by molar-refractivity contribution is -0.145. The van der Waals surface area contributed by atoms with Gasteiger partial charge < -0.3 is 4.74 Å². The number of rotatable bonds is 4. The molecule has 2 rings (SSSR count). The first kappa shape index (κ1) is 13.1. The number of likely N-dealkylation sites (tertiary alicyclic amines) is 1. The van der Waals surface area contributed by atoms with Gasteiger partial charge in [0.1, 0.15) is 6.04 Å². The van der Waals surface area contributed by atoms with E-state index in [9.17, 15) is 4.79 Å². The van der Waals surface area contributed by atoms with Crippen molar-refractivity contribution in [2.24, 2.45) is 0 Å². The maximum atomic E-state index is 11.6. The van der Waals surface area contributed by atoms with Crippen molar-refractivity contribution in [1.82, 2.24) is 14.7 Å². The van der Waals surface area contributed by atoms with Crippen LogP contribution in [-0.4, -0.2) is 46.9 Å². The van der Waals surface area contributed by atoms with Crippen molar-refractivity contribution < 1.29 is 9.53 Å². The zero-order chi connectivity index (χ0) is 13.1. The van der Waals surface area contributed by atoms with Gasteiger partial charge >= 0.3 is 5.97 Å². The number of carbonyl (C=O) groups excluding carboxylic acids is 1. The maximum Gasteiger partial charge on any atom is 0.323 e. The van der Waals surface area contributed by atoms with Gasteiger partial charge in [0.05, 0.1) is 19.3 Å². The molecule has 0 N–H and O–H groups in total. The van der Waals surface area contributed by atoms with E-state index in [1.165, 1.54) is 12.8 Å². The normalized spacial score (nSPS) is 20.3. The number of nitrogens with zero attached hydrogens (tertiary/aromatic N) is 3. The largest absolute Gasteiger partial charge is 0.468 e. The highest BCUT2D eigenvalue weighted by atomic mass is 16.5. The van der Waals surface area contributed by atoms with Crippen LogP contribution in [0.15, 0.2) is 6.07 Å². The van der Waals surface area contributed by atoms with Crippen LogP contribution in [0.3, 0.4) is 0 Å². The molecule has 1 aromatic heterocycles. The van der Waals surface area contributed by atoms with Crippen LogP contribution in [0.25, 0.3) is 0 Å². The Morgan fingerprint density at radius 1 is 1.50 bits per heavy atom. The fourth-order valence-corrected chi connectivity index (χ4v) is 2.62. The second-order valence-corrected chi connectivity index (χ2v) is 4.87. The van der Waals surface area contributed by atoms with Crippen molar-refractivity contribution in [2.45, 2.75) is 39.3 Å². The van der Waals surface area contributed by atoms with Crippen LogP contribution < -0.4 is 0 Å². The molecular formula is C13H21N3O2. The van der Waals surface area contributed by atoms with Crippen LogP contribution in [0, 0.1) is 13.8 Å². The van der Waals surface area contributed by atoms with Crippen molar-refractivity contribution in [2.75, 3.05) is 20.2 Å². The second kappa shape index (κ2) is 5.52. The van der Waals surface area contributed by atoms with E-state index >= 15 is 0 Å². The zero-order valence-corrected chi connectivity index (χ0v) is 11.3. The third-order valence-corrected chi connectivity index (χ3v) is 3.54. The van der Waals surface area contributed by atoms with E-state index in [0.717, 1.165) is 38.2 Å². The quantitative estimate of drug-likeness (QED) is 0.753. The van der Waals surface area contributed by atoms with Crippen molar-refractivity contribution in [3.8, 4) is 0 Å². The van der Waals surface area contributed by atoms with Crippen molar-refractivity contribution in [1.29, 1.82) is 0 Å². The number of carbonyl (C=O) groups is 1. The number of ether oxygens (including phenoxy) is 1. The van der Waals surface area contributed by atoms with Gasteiger partial charge in [0.25, 0.3) is 0 Å². The van der Waals surface area contributed by atoms with Crippen LogP contribution in [0.1, 0.15) is 24.2 Å². The summed E-state index contributed by atoms with van der Waals surface area (Å²) >= 11 is 0. The lowest BCUT2D eigenvalue weighted by Gasteiger charge is -2.22. The van der Waals surface area contributed by atoms with Crippen LogP contribution in [0.2, 0.25) is 0 Å². The standard InChI is InChI=1S/C13H21N3O2/c1-10-9-11(2)16(14-10)8-7-15-6-4-5-12(15)13(17)18-3/h9,12H,4-8H2,1-3H3. The number of esters is 1. The Labute approximate surface area is 108 Å². The summed E-state index contributed by atoms with van der Waals surface area (Å²) < 4.78 is 6.84. The molecule has 0 aliphatic carbocycles. The van der Waals surface area contributed by atoms with Gasteiger partial charge in [0.15, 0.2) is 0 Å². The van der Waals surface area contributed by atoms with Crippen molar-refractivity contribution >= 4 is 5.97 Å². The van der Waals surface area contributed by atoms with Crippen LogP contribution >= 0.6 is 0 Å². The second-order valence-electron chi connectivity index (χ2n) is 4.87. The minimum atomic E-state index is -0.110. The molecule has 0 aromatic carbocycles. The smallest absolute Gasteiger partial charge is 0.323 e. The summed E-state index contributed by atoms with van der Waals surface area (Å²) in [4.78, 5) is 13.8. The first-order valence-corrected chi connectivity index (χ1v) is 6.44. The molecule has 18 heavy (non-hydrogen) atoms. The van der Waals surface area contributed by atoms with Gasteiger partial charge in [-0.25, -0.2) is 0 Å². The molecule has 0 spiro atoms. The molecule has 0 amide bonds. The summed E-state index contributed by atoms with van der Waals surface area (Å²) in [5.41, 5.74) is 2.21. The molecule has 1 atom stereocenters. The van der Waals surface area contributed by atoms with E-state index in [2.05, 4.69) is 23.0 Å². The Morgan fingerprint density at radius 2 is 2.28 bits per heavy atom.